The van der Waals surface area contributed by atoms with E-state index in [9.17, 15) is 8.42 Å². The number of ether oxygens (including phenoxy) is 1. The van der Waals surface area contributed by atoms with Crippen LogP contribution in [0.4, 0.5) is 0 Å². The van der Waals surface area contributed by atoms with Crippen molar-refractivity contribution in [3.8, 4) is 0 Å². The van der Waals surface area contributed by atoms with Crippen LogP contribution < -0.4 is 0 Å². The lowest BCUT2D eigenvalue weighted by Crippen LogP contribution is -2.50. The van der Waals surface area contributed by atoms with E-state index in [2.05, 4.69) is 0 Å². The number of nitrogens with zero attached hydrogens (tertiary/aromatic N) is 1. The fourth-order valence-corrected chi connectivity index (χ4v) is 3.71. The Morgan fingerprint density at radius 2 is 1.95 bits per heavy atom. The molecule has 6 heteroatoms. The van der Waals surface area contributed by atoms with E-state index in [0.29, 0.717) is 6.54 Å². The summed E-state index contributed by atoms with van der Waals surface area (Å²) in [6.07, 6.45) is -0.671. The van der Waals surface area contributed by atoms with Crippen LogP contribution in [0.2, 0.25) is 0 Å². The van der Waals surface area contributed by atoms with E-state index >= 15 is 0 Å². The van der Waals surface area contributed by atoms with E-state index in [-0.39, 0.29) is 24.2 Å². The SMILES string of the molecule is Cc1ccc(S(=O)(=O)N2CC(C)OC(CO)C2)cc1. The quantitative estimate of drug-likeness (QED) is 0.890. The monoisotopic (exact) mass is 285 g/mol. The van der Waals surface area contributed by atoms with Crippen LogP contribution in [0.1, 0.15) is 12.5 Å². The number of aryl methyl sites for hydroxylation is 1. The molecule has 19 heavy (non-hydrogen) atoms. The molecule has 2 atom stereocenters. The van der Waals surface area contributed by atoms with E-state index in [1.54, 1.807) is 31.2 Å². The summed E-state index contributed by atoms with van der Waals surface area (Å²) in [6, 6.07) is 6.78. The van der Waals surface area contributed by atoms with Gasteiger partial charge in [0, 0.05) is 13.1 Å². The molecule has 1 aromatic carbocycles. The van der Waals surface area contributed by atoms with Gasteiger partial charge in [-0.1, -0.05) is 17.7 Å². The van der Waals surface area contributed by atoms with E-state index < -0.39 is 16.1 Å². The third kappa shape index (κ3) is 3.14. The number of hydrogen-bond acceptors (Lipinski definition) is 4. The number of hydrogen-bond donors (Lipinski definition) is 1. The molecule has 1 aromatic rings. The van der Waals surface area contributed by atoms with Crippen molar-refractivity contribution in [1.29, 1.82) is 0 Å². The van der Waals surface area contributed by atoms with Gasteiger partial charge in [-0.15, -0.1) is 0 Å². The highest BCUT2D eigenvalue weighted by Crippen LogP contribution is 2.21. The summed E-state index contributed by atoms with van der Waals surface area (Å²) in [5, 5.41) is 9.15. The molecular weight excluding hydrogens is 266 g/mol. The predicted molar refractivity (Wildman–Crippen MR) is 71.4 cm³/mol. The van der Waals surface area contributed by atoms with Gasteiger partial charge in [-0.3, -0.25) is 0 Å². The van der Waals surface area contributed by atoms with Gasteiger partial charge in [-0.05, 0) is 26.0 Å². The highest BCUT2D eigenvalue weighted by molar-refractivity contribution is 7.89. The first-order valence-corrected chi connectivity index (χ1v) is 7.70. The Morgan fingerprint density at radius 3 is 2.53 bits per heavy atom. The predicted octanol–water partition coefficient (Wildman–Crippen LogP) is 0.765. The standard InChI is InChI=1S/C13H19NO4S/c1-10-3-5-13(6-4-10)19(16,17)14-7-11(2)18-12(8-14)9-15/h3-6,11-12,15H,7-9H2,1-2H3. The maximum Gasteiger partial charge on any atom is 0.243 e. The molecule has 0 aromatic heterocycles. The van der Waals surface area contributed by atoms with Gasteiger partial charge >= 0.3 is 0 Å². The van der Waals surface area contributed by atoms with Crippen molar-refractivity contribution in [2.75, 3.05) is 19.7 Å². The maximum atomic E-state index is 12.5. The molecule has 0 bridgehead atoms. The topological polar surface area (TPSA) is 66.8 Å². The van der Waals surface area contributed by atoms with Gasteiger partial charge in [0.25, 0.3) is 0 Å². The van der Waals surface area contributed by atoms with E-state index in [1.165, 1.54) is 4.31 Å². The van der Waals surface area contributed by atoms with Gasteiger partial charge in [0.05, 0.1) is 23.7 Å². The molecule has 1 aliphatic heterocycles. The largest absolute Gasteiger partial charge is 0.394 e. The first kappa shape index (κ1) is 14.5. The number of benzene rings is 1. The zero-order valence-corrected chi connectivity index (χ0v) is 11.9. The van der Waals surface area contributed by atoms with Gasteiger partial charge in [0.1, 0.15) is 0 Å². The minimum Gasteiger partial charge on any atom is -0.394 e. The second kappa shape index (κ2) is 5.58. The summed E-state index contributed by atoms with van der Waals surface area (Å²) in [5.74, 6) is 0. The van der Waals surface area contributed by atoms with Gasteiger partial charge in [0.15, 0.2) is 0 Å². The molecule has 1 fully saturated rings. The second-order valence-corrected chi connectivity index (χ2v) is 6.82. The van der Waals surface area contributed by atoms with Crippen LogP contribution >= 0.6 is 0 Å². The van der Waals surface area contributed by atoms with Gasteiger partial charge in [0.2, 0.25) is 10.0 Å². The lowest BCUT2D eigenvalue weighted by Gasteiger charge is -2.35. The minimum atomic E-state index is -3.51. The zero-order valence-electron chi connectivity index (χ0n) is 11.1. The number of rotatable bonds is 3. The second-order valence-electron chi connectivity index (χ2n) is 4.89. The van der Waals surface area contributed by atoms with Gasteiger partial charge < -0.3 is 9.84 Å². The average Bonchev–Trinajstić information content (AvgIpc) is 2.38. The Morgan fingerprint density at radius 1 is 1.32 bits per heavy atom. The van der Waals surface area contributed by atoms with E-state index in [0.717, 1.165) is 5.56 Å². The molecule has 0 radical (unpaired) electrons. The molecule has 1 aliphatic rings. The third-order valence-corrected chi connectivity index (χ3v) is 5.00. The van der Waals surface area contributed by atoms with Crippen LogP contribution in [0, 0.1) is 6.92 Å². The molecule has 2 unspecified atom stereocenters. The smallest absolute Gasteiger partial charge is 0.243 e. The minimum absolute atomic E-state index is 0.176. The zero-order chi connectivity index (χ0) is 14.0. The Bertz CT molecular complexity index is 526. The van der Waals surface area contributed by atoms with Crippen molar-refractivity contribution in [2.24, 2.45) is 0 Å². The average molecular weight is 285 g/mol. The molecule has 1 heterocycles. The summed E-state index contributed by atoms with van der Waals surface area (Å²) >= 11 is 0. The third-order valence-electron chi connectivity index (χ3n) is 3.16. The Labute approximate surface area is 113 Å². The van der Waals surface area contributed by atoms with Crippen LogP contribution in [0.15, 0.2) is 29.2 Å². The van der Waals surface area contributed by atoms with Gasteiger partial charge in [-0.2, -0.15) is 4.31 Å². The molecule has 2 rings (SSSR count). The summed E-state index contributed by atoms with van der Waals surface area (Å²) in [4.78, 5) is 0.281. The van der Waals surface area contributed by atoms with Crippen molar-refractivity contribution in [2.45, 2.75) is 31.0 Å². The van der Waals surface area contributed by atoms with Crippen molar-refractivity contribution in [1.82, 2.24) is 4.31 Å². The molecule has 1 saturated heterocycles. The molecule has 5 nitrogen and oxygen atoms in total. The van der Waals surface area contributed by atoms with Crippen LogP contribution in [-0.4, -0.2) is 49.7 Å². The van der Waals surface area contributed by atoms with Crippen LogP contribution in [0.5, 0.6) is 0 Å². The summed E-state index contributed by atoms with van der Waals surface area (Å²) < 4.78 is 31.8. The first-order chi connectivity index (χ1) is 8.93. The van der Waals surface area contributed by atoms with Crippen molar-refractivity contribution >= 4 is 10.0 Å². The summed E-state index contributed by atoms with van der Waals surface area (Å²) in [7, 11) is -3.51. The lowest BCUT2D eigenvalue weighted by molar-refractivity contribution is -0.0750. The Hall–Kier alpha value is -0.950. The van der Waals surface area contributed by atoms with Crippen molar-refractivity contribution in [3.05, 3.63) is 29.8 Å². The van der Waals surface area contributed by atoms with Crippen molar-refractivity contribution < 1.29 is 18.3 Å². The van der Waals surface area contributed by atoms with Crippen LogP contribution in [0.25, 0.3) is 0 Å². The number of sulfonamides is 1. The van der Waals surface area contributed by atoms with Crippen LogP contribution in [0.3, 0.4) is 0 Å². The molecule has 0 aliphatic carbocycles. The maximum absolute atomic E-state index is 12.5. The first-order valence-electron chi connectivity index (χ1n) is 6.26. The van der Waals surface area contributed by atoms with Gasteiger partial charge in [-0.25, -0.2) is 8.42 Å². The molecule has 106 valence electrons. The highest BCUT2D eigenvalue weighted by Gasteiger charge is 2.33. The summed E-state index contributed by atoms with van der Waals surface area (Å²) in [6.45, 7) is 4.04. The Balaban J connectivity index is 2.26. The fourth-order valence-electron chi connectivity index (χ4n) is 2.16. The van der Waals surface area contributed by atoms with E-state index in [1.807, 2.05) is 6.92 Å². The van der Waals surface area contributed by atoms with Crippen LogP contribution in [-0.2, 0) is 14.8 Å². The molecule has 0 saturated carbocycles. The van der Waals surface area contributed by atoms with Crippen molar-refractivity contribution in [3.63, 3.8) is 0 Å². The molecular formula is C13H19NO4S. The number of aliphatic hydroxyl groups is 1. The number of aliphatic hydroxyl groups excluding tert-OH is 1. The summed E-state index contributed by atoms with van der Waals surface area (Å²) in [5.41, 5.74) is 1.02. The molecule has 0 amide bonds. The van der Waals surface area contributed by atoms with E-state index in [4.69, 9.17) is 9.84 Å². The fraction of sp³-hybridized carbons (Fsp3) is 0.538. The lowest BCUT2D eigenvalue weighted by atomic mass is 10.2. The Kier molecular flexibility index (Phi) is 4.25. The molecule has 1 N–H and O–H groups in total. The highest BCUT2D eigenvalue weighted by atomic mass is 32.2. The normalized spacial score (nSPS) is 25.4. The number of morpholine rings is 1. The molecule has 0 spiro atoms.